The molecule has 3 aliphatic rings. The standard InChI is InChI=1S/C21H25N9O12P2/c22-15-8-1-2-29(17(8)26-4-24-15)19-11(31)13-9(39-19)3-38-44(35,36)42-14-12(32)20(40-21(14)37-7-43(33,34)41-13)30-6-28-10-16(23)25-5-27-18(10)30/h1-2,4-6,9,11-14,19-21,31-32H,3,7H2,(H,33,34)(H,35,36)(H2,22,24,26)(H2,23,25,27)/t9-,11+,12+,13?,14?,19-,20-,21+/m1/s1. The first-order valence-electron chi connectivity index (χ1n) is 12.9. The first-order valence-corrected chi connectivity index (χ1v) is 16.1. The second-order valence-electron chi connectivity index (χ2n) is 10.1. The van der Waals surface area contributed by atoms with Gasteiger partial charge in [0, 0.05) is 6.20 Å². The predicted molar refractivity (Wildman–Crippen MR) is 143 cm³/mol. The van der Waals surface area contributed by atoms with Crippen LogP contribution in [0.3, 0.4) is 0 Å². The minimum absolute atomic E-state index is 0.0476. The zero-order chi connectivity index (χ0) is 31.0. The number of aliphatic hydroxyl groups is 2. The van der Waals surface area contributed by atoms with E-state index in [-0.39, 0.29) is 28.4 Å². The minimum atomic E-state index is -5.01. The summed E-state index contributed by atoms with van der Waals surface area (Å²) in [6, 6.07) is 1.58. The highest BCUT2D eigenvalue weighted by Gasteiger charge is 2.54. The molecule has 8 N–H and O–H groups in total. The van der Waals surface area contributed by atoms with Crippen LogP contribution in [0, 0.1) is 0 Å². The number of hydrogen-bond donors (Lipinski definition) is 6. The van der Waals surface area contributed by atoms with E-state index < -0.39 is 77.6 Å². The molecule has 3 saturated heterocycles. The molecule has 236 valence electrons. The van der Waals surface area contributed by atoms with Crippen molar-refractivity contribution in [2.24, 2.45) is 0 Å². The van der Waals surface area contributed by atoms with Crippen LogP contribution in [-0.2, 0) is 36.9 Å². The minimum Gasteiger partial charge on any atom is -0.386 e. The Morgan fingerprint density at radius 3 is 2.36 bits per heavy atom. The molecular weight excluding hydrogens is 632 g/mol. The largest absolute Gasteiger partial charge is 0.472 e. The van der Waals surface area contributed by atoms with Crippen molar-refractivity contribution >= 4 is 49.3 Å². The molecule has 0 spiro atoms. The van der Waals surface area contributed by atoms with Gasteiger partial charge in [0.15, 0.2) is 42.7 Å². The first-order chi connectivity index (χ1) is 20.9. The number of rotatable bonds is 2. The van der Waals surface area contributed by atoms with E-state index in [0.29, 0.717) is 5.39 Å². The first kappa shape index (κ1) is 29.5. The van der Waals surface area contributed by atoms with Crippen molar-refractivity contribution in [3.63, 3.8) is 0 Å². The third kappa shape index (κ3) is 5.06. The number of fused-ring (bicyclic) bond motifs is 4. The molecule has 7 heterocycles. The molecule has 0 aromatic carbocycles. The van der Waals surface area contributed by atoms with Crippen molar-refractivity contribution < 1.29 is 56.9 Å². The fourth-order valence-corrected chi connectivity index (χ4v) is 7.27. The highest BCUT2D eigenvalue weighted by atomic mass is 31.2. The Morgan fingerprint density at radius 2 is 1.57 bits per heavy atom. The molecule has 7 rings (SSSR count). The van der Waals surface area contributed by atoms with Crippen molar-refractivity contribution in [3.05, 3.63) is 31.2 Å². The molecule has 3 fully saturated rings. The van der Waals surface area contributed by atoms with Crippen molar-refractivity contribution in [2.75, 3.05) is 24.4 Å². The van der Waals surface area contributed by atoms with Gasteiger partial charge in [-0.15, -0.1) is 0 Å². The van der Waals surface area contributed by atoms with Crippen LogP contribution in [-0.4, -0.2) is 104 Å². The Kier molecular flexibility index (Phi) is 7.20. The molecule has 0 bridgehead atoms. The summed E-state index contributed by atoms with van der Waals surface area (Å²) in [5, 5.41) is 22.7. The normalized spacial score (nSPS) is 38.3. The maximum atomic E-state index is 13.2. The number of anilines is 2. The lowest BCUT2D eigenvalue weighted by atomic mass is 10.1. The van der Waals surface area contributed by atoms with Gasteiger partial charge in [-0.3, -0.25) is 22.7 Å². The molecule has 0 saturated carbocycles. The van der Waals surface area contributed by atoms with Gasteiger partial charge in [0.1, 0.15) is 54.1 Å². The van der Waals surface area contributed by atoms with E-state index in [9.17, 15) is 29.1 Å². The van der Waals surface area contributed by atoms with Gasteiger partial charge < -0.3 is 50.2 Å². The van der Waals surface area contributed by atoms with E-state index in [1.54, 1.807) is 6.07 Å². The number of nitrogens with two attached hydrogens (primary N) is 2. The molecule has 44 heavy (non-hydrogen) atoms. The summed E-state index contributed by atoms with van der Waals surface area (Å²) in [7, 11) is -9.72. The summed E-state index contributed by atoms with van der Waals surface area (Å²) in [6.45, 7) is -0.747. The summed E-state index contributed by atoms with van der Waals surface area (Å²) >= 11 is 0. The van der Waals surface area contributed by atoms with Crippen LogP contribution >= 0.6 is 15.4 Å². The van der Waals surface area contributed by atoms with E-state index in [0.717, 1.165) is 6.33 Å². The van der Waals surface area contributed by atoms with Gasteiger partial charge in [-0.25, -0.2) is 29.5 Å². The van der Waals surface area contributed by atoms with Crippen molar-refractivity contribution in [2.45, 2.75) is 49.3 Å². The van der Waals surface area contributed by atoms with Crippen molar-refractivity contribution in [3.8, 4) is 0 Å². The van der Waals surface area contributed by atoms with Crippen LogP contribution in [0.2, 0.25) is 0 Å². The Hall–Kier alpha value is -3.17. The van der Waals surface area contributed by atoms with Gasteiger partial charge in [0.2, 0.25) is 0 Å². The van der Waals surface area contributed by atoms with E-state index in [1.807, 2.05) is 0 Å². The summed E-state index contributed by atoms with van der Waals surface area (Å²) in [5.41, 5.74) is 12.3. The van der Waals surface area contributed by atoms with Gasteiger partial charge in [-0.05, 0) is 6.07 Å². The van der Waals surface area contributed by atoms with E-state index in [1.165, 1.54) is 28.0 Å². The Morgan fingerprint density at radius 1 is 0.864 bits per heavy atom. The van der Waals surface area contributed by atoms with Crippen LogP contribution in [0.4, 0.5) is 11.6 Å². The Balaban J connectivity index is 1.17. The van der Waals surface area contributed by atoms with Crippen molar-refractivity contribution in [1.29, 1.82) is 0 Å². The summed E-state index contributed by atoms with van der Waals surface area (Å²) in [6.07, 6.45) is -8.22. The van der Waals surface area contributed by atoms with Crippen molar-refractivity contribution in [1.82, 2.24) is 34.1 Å². The molecular formula is C21H25N9O12P2. The number of hydrogen-bond acceptors (Lipinski definition) is 17. The predicted octanol–water partition coefficient (Wildman–Crippen LogP) is -1.03. The summed E-state index contributed by atoms with van der Waals surface area (Å²) in [5.74, 6) is 0.213. The fourth-order valence-electron chi connectivity index (χ4n) is 5.30. The van der Waals surface area contributed by atoms with Gasteiger partial charge in [0.05, 0.1) is 18.3 Å². The second kappa shape index (κ2) is 10.7. The van der Waals surface area contributed by atoms with Gasteiger partial charge >= 0.3 is 15.4 Å². The van der Waals surface area contributed by atoms with Gasteiger partial charge in [-0.1, -0.05) is 0 Å². The highest BCUT2D eigenvalue weighted by molar-refractivity contribution is 7.52. The third-order valence-corrected chi connectivity index (χ3v) is 9.33. The van der Waals surface area contributed by atoms with Gasteiger partial charge in [-0.2, -0.15) is 0 Å². The topological polar surface area (TPSA) is 297 Å². The maximum absolute atomic E-state index is 13.2. The molecule has 0 amide bonds. The number of ether oxygens (including phenoxy) is 3. The number of nitrogens with zero attached hydrogens (tertiary/aromatic N) is 7. The number of aromatic nitrogens is 7. The SMILES string of the molecule is Nc1ncnc2c1ccn2[C@@H]1O[C@@H]2COP(=O)(O)OC3[C@@H](OCP(=O)(O)OC2[C@@H]1O)O[C@@H](n1cnc2c(N)ncnc21)[C@H]3O. The zero-order valence-electron chi connectivity index (χ0n) is 22.2. The van der Waals surface area contributed by atoms with Crippen LogP contribution in [0.15, 0.2) is 31.2 Å². The van der Waals surface area contributed by atoms with Crippen LogP contribution in [0.1, 0.15) is 12.5 Å². The van der Waals surface area contributed by atoms with E-state index >= 15 is 0 Å². The lowest BCUT2D eigenvalue weighted by Gasteiger charge is -2.28. The van der Waals surface area contributed by atoms with Crippen LogP contribution in [0.25, 0.3) is 22.2 Å². The van der Waals surface area contributed by atoms with Gasteiger partial charge in [0.25, 0.3) is 0 Å². The fraction of sp³-hybridized carbons (Fsp3) is 0.476. The Bertz CT molecular complexity index is 1690. The number of imidazole rings is 1. The number of aliphatic hydroxyl groups excluding tert-OH is 2. The molecule has 0 radical (unpaired) electrons. The summed E-state index contributed by atoms with van der Waals surface area (Å²) in [4.78, 5) is 41.4. The zero-order valence-corrected chi connectivity index (χ0v) is 23.9. The van der Waals surface area contributed by atoms with Crippen LogP contribution < -0.4 is 11.5 Å². The van der Waals surface area contributed by atoms with Crippen LogP contribution in [0.5, 0.6) is 0 Å². The molecule has 4 aromatic heterocycles. The molecule has 23 heteroatoms. The molecule has 0 aliphatic carbocycles. The Labute approximate surface area is 245 Å². The molecule has 21 nitrogen and oxygen atoms in total. The highest BCUT2D eigenvalue weighted by Crippen LogP contribution is 2.53. The maximum Gasteiger partial charge on any atom is 0.472 e. The molecule has 3 aliphatic heterocycles. The number of phosphoric ester groups is 1. The average molecular weight is 657 g/mol. The third-order valence-electron chi connectivity index (χ3n) is 7.30. The van der Waals surface area contributed by atoms with E-state index in [4.69, 9.17) is 39.2 Å². The number of nitrogen functional groups attached to an aromatic ring is 2. The average Bonchev–Trinajstić information content (AvgIpc) is 3.73. The monoisotopic (exact) mass is 657 g/mol. The lowest BCUT2D eigenvalue weighted by molar-refractivity contribution is -0.168. The quantitative estimate of drug-likeness (QED) is 0.140. The molecule has 10 atom stereocenters. The molecule has 4 aromatic rings. The number of phosphoric acid groups is 1. The molecule has 4 unspecified atom stereocenters. The smallest absolute Gasteiger partial charge is 0.386 e. The summed E-state index contributed by atoms with van der Waals surface area (Å²) < 4.78 is 61.8. The van der Waals surface area contributed by atoms with E-state index in [2.05, 4.69) is 24.9 Å². The second-order valence-corrected chi connectivity index (χ2v) is 13.2. The lowest BCUT2D eigenvalue weighted by Crippen LogP contribution is -2.38.